The molecule has 0 unspecified atom stereocenters. The summed E-state index contributed by atoms with van der Waals surface area (Å²) in [4.78, 5) is 45.8. The fraction of sp³-hybridized carbons (Fsp3) is 0.190. The molecule has 0 saturated carbocycles. The van der Waals surface area contributed by atoms with Gasteiger partial charge in [-0.2, -0.15) is 0 Å². The van der Waals surface area contributed by atoms with Gasteiger partial charge in [-0.05, 0) is 30.3 Å². The van der Waals surface area contributed by atoms with Gasteiger partial charge in [0, 0.05) is 37.9 Å². The maximum Gasteiger partial charge on any atom is 0.355 e. The zero-order valence-electron chi connectivity index (χ0n) is 18.1. The Labute approximate surface area is 197 Å². The molecule has 2 heterocycles. The van der Waals surface area contributed by atoms with Crippen molar-refractivity contribution in [2.75, 3.05) is 41.4 Å². The van der Waals surface area contributed by atoms with Crippen LogP contribution in [-0.2, 0) is 0 Å². The van der Waals surface area contributed by atoms with Crippen LogP contribution in [0.1, 0.15) is 10.4 Å². The molecule has 0 spiro atoms. The summed E-state index contributed by atoms with van der Waals surface area (Å²) in [6.07, 6.45) is 1.12. The van der Waals surface area contributed by atoms with Gasteiger partial charge in [0.15, 0.2) is 0 Å². The van der Waals surface area contributed by atoms with Crippen molar-refractivity contribution in [1.29, 1.82) is 0 Å². The smallest absolute Gasteiger partial charge is 0.355 e. The zero-order chi connectivity index (χ0) is 24.9. The zero-order valence-corrected chi connectivity index (χ0v) is 18.1. The van der Waals surface area contributed by atoms with E-state index in [1.165, 1.54) is 36.4 Å². The minimum Gasteiger partial charge on any atom is -0.368 e. The number of halogens is 1. The predicted molar refractivity (Wildman–Crippen MR) is 124 cm³/mol. The molecule has 2 N–H and O–H groups in total. The van der Waals surface area contributed by atoms with E-state index in [4.69, 9.17) is 0 Å². The third-order valence-corrected chi connectivity index (χ3v) is 5.40. The second-order valence-corrected chi connectivity index (χ2v) is 7.46. The van der Waals surface area contributed by atoms with Crippen molar-refractivity contribution >= 4 is 34.6 Å². The molecule has 35 heavy (non-hydrogen) atoms. The Morgan fingerprint density at radius 1 is 0.914 bits per heavy atom. The minimum absolute atomic E-state index is 0.0613. The largest absolute Gasteiger partial charge is 0.368 e. The lowest BCUT2D eigenvalue weighted by atomic mass is 10.2. The first-order chi connectivity index (χ1) is 16.8. The number of piperazine rings is 1. The summed E-state index contributed by atoms with van der Waals surface area (Å²) in [6.45, 7) is 1.84. The van der Waals surface area contributed by atoms with Gasteiger partial charge in [-0.25, -0.2) is 14.4 Å². The summed E-state index contributed by atoms with van der Waals surface area (Å²) in [7, 11) is 0. The fourth-order valence-corrected chi connectivity index (χ4v) is 3.70. The van der Waals surface area contributed by atoms with Gasteiger partial charge in [-0.1, -0.05) is 12.1 Å². The molecule has 0 aliphatic carbocycles. The molecular formula is C21H19FN8O5. The SMILES string of the molecule is O=C(NNc1ncnc(N2CCN(c3ccc(F)cc3)CC2)c1[N+](=O)[O-])c1ccccc1[N+](=O)[O-]. The molecule has 1 aliphatic rings. The maximum atomic E-state index is 13.2. The molecule has 14 heteroatoms. The number of nitro benzene ring substituents is 1. The highest BCUT2D eigenvalue weighted by Gasteiger charge is 2.30. The fourth-order valence-electron chi connectivity index (χ4n) is 3.70. The average molecular weight is 482 g/mol. The molecule has 1 amide bonds. The number of amides is 1. The monoisotopic (exact) mass is 482 g/mol. The quantitative estimate of drug-likeness (QED) is 0.378. The lowest BCUT2D eigenvalue weighted by Gasteiger charge is -2.36. The van der Waals surface area contributed by atoms with Gasteiger partial charge in [-0.15, -0.1) is 0 Å². The van der Waals surface area contributed by atoms with E-state index in [-0.39, 0.29) is 23.0 Å². The number of carbonyl (C=O) groups is 1. The number of hydrogen-bond donors (Lipinski definition) is 2. The number of nitro groups is 2. The Kier molecular flexibility index (Phi) is 6.62. The average Bonchev–Trinajstić information content (AvgIpc) is 2.87. The third kappa shape index (κ3) is 5.05. The summed E-state index contributed by atoms with van der Waals surface area (Å²) >= 11 is 0. The Morgan fingerprint density at radius 2 is 1.57 bits per heavy atom. The summed E-state index contributed by atoms with van der Waals surface area (Å²) in [5, 5.41) is 23.0. The predicted octanol–water partition coefficient (Wildman–Crippen LogP) is 2.52. The number of nitrogens with zero attached hydrogens (tertiary/aromatic N) is 6. The Balaban J connectivity index is 1.50. The van der Waals surface area contributed by atoms with Gasteiger partial charge < -0.3 is 9.80 Å². The van der Waals surface area contributed by atoms with E-state index in [1.54, 1.807) is 17.0 Å². The Hall–Kier alpha value is -4.88. The highest BCUT2D eigenvalue weighted by atomic mass is 19.1. The van der Waals surface area contributed by atoms with Gasteiger partial charge >= 0.3 is 5.69 Å². The van der Waals surface area contributed by atoms with Crippen molar-refractivity contribution in [3.63, 3.8) is 0 Å². The highest BCUT2D eigenvalue weighted by Crippen LogP contribution is 2.32. The van der Waals surface area contributed by atoms with Gasteiger partial charge in [0.25, 0.3) is 11.6 Å². The van der Waals surface area contributed by atoms with Crippen LogP contribution in [0.4, 0.5) is 33.1 Å². The van der Waals surface area contributed by atoms with Crippen molar-refractivity contribution in [1.82, 2.24) is 15.4 Å². The molecule has 180 valence electrons. The van der Waals surface area contributed by atoms with Crippen LogP contribution in [0.5, 0.6) is 0 Å². The Bertz CT molecular complexity index is 1260. The molecular weight excluding hydrogens is 463 g/mol. The summed E-state index contributed by atoms with van der Waals surface area (Å²) in [5.41, 5.74) is 4.36. The van der Waals surface area contributed by atoms with E-state index in [0.29, 0.717) is 26.2 Å². The standard InChI is InChI=1S/C21H19FN8O5/c22-14-5-7-15(8-6-14)27-9-11-28(12-10-27)20-18(30(34)35)19(23-13-24-20)25-26-21(31)16-3-1-2-4-17(16)29(32)33/h1-8,13H,9-12H2,(H,26,31)(H,23,24,25). The molecule has 13 nitrogen and oxygen atoms in total. The third-order valence-electron chi connectivity index (χ3n) is 5.40. The van der Waals surface area contributed by atoms with E-state index in [0.717, 1.165) is 12.0 Å². The van der Waals surface area contributed by atoms with E-state index in [9.17, 15) is 29.4 Å². The summed E-state index contributed by atoms with van der Waals surface area (Å²) < 4.78 is 13.2. The summed E-state index contributed by atoms with van der Waals surface area (Å²) in [6, 6.07) is 11.4. The number of anilines is 3. The first-order valence-corrected chi connectivity index (χ1v) is 10.4. The van der Waals surface area contributed by atoms with Crippen molar-refractivity contribution in [3.8, 4) is 0 Å². The van der Waals surface area contributed by atoms with Crippen LogP contribution in [0.15, 0.2) is 54.9 Å². The topological polar surface area (TPSA) is 160 Å². The molecule has 3 aromatic rings. The first kappa shape index (κ1) is 23.3. The van der Waals surface area contributed by atoms with Crippen LogP contribution in [0.2, 0.25) is 0 Å². The van der Waals surface area contributed by atoms with E-state index in [1.807, 2.05) is 4.90 Å². The van der Waals surface area contributed by atoms with Gasteiger partial charge in [-0.3, -0.25) is 35.9 Å². The van der Waals surface area contributed by atoms with Crippen LogP contribution in [-0.4, -0.2) is 51.9 Å². The van der Waals surface area contributed by atoms with Gasteiger partial charge in [0.2, 0.25) is 11.6 Å². The lowest BCUT2D eigenvalue weighted by molar-refractivity contribution is -0.385. The summed E-state index contributed by atoms with van der Waals surface area (Å²) in [5.74, 6) is -1.41. The second kappa shape index (κ2) is 9.94. The molecule has 2 aromatic carbocycles. The molecule has 0 bridgehead atoms. The van der Waals surface area contributed by atoms with Crippen molar-refractivity contribution in [2.24, 2.45) is 0 Å². The van der Waals surface area contributed by atoms with E-state index < -0.39 is 27.1 Å². The number of hydrogen-bond acceptors (Lipinski definition) is 10. The van der Waals surface area contributed by atoms with Gasteiger partial charge in [0.05, 0.1) is 9.85 Å². The minimum atomic E-state index is -0.861. The number of nitrogens with one attached hydrogen (secondary N) is 2. The van der Waals surface area contributed by atoms with Crippen LogP contribution < -0.4 is 20.7 Å². The van der Waals surface area contributed by atoms with Crippen LogP contribution in [0, 0.1) is 26.0 Å². The van der Waals surface area contributed by atoms with Crippen LogP contribution in [0.25, 0.3) is 0 Å². The number of carbonyl (C=O) groups excluding carboxylic acids is 1. The van der Waals surface area contributed by atoms with Crippen LogP contribution >= 0.6 is 0 Å². The highest BCUT2D eigenvalue weighted by molar-refractivity contribution is 5.98. The maximum absolute atomic E-state index is 13.2. The molecule has 1 saturated heterocycles. The number of hydrazine groups is 1. The second-order valence-electron chi connectivity index (χ2n) is 7.46. The molecule has 1 fully saturated rings. The van der Waals surface area contributed by atoms with Crippen molar-refractivity contribution < 1.29 is 19.0 Å². The number of aromatic nitrogens is 2. The number of benzene rings is 2. The number of para-hydroxylation sites is 1. The first-order valence-electron chi connectivity index (χ1n) is 10.4. The van der Waals surface area contributed by atoms with Crippen LogP contribution in [0.3, 0.4) is 0 Å². The molecule has 0 radical (unpaired) electrons. The van der Waals surface area contributed by atoms with Gasteiger partial charge in [0.1, 0.15) is 17.7 Å². The molecule has 0 atom stereocenters. The number of rotatable bonds is 7. The van der Waals surface area contributed by atoms with E-state index in [2.05, 4.69) is 20.8 Å². The molecule has 4 rings (SSSR count). The molecule has 1 aliphatic heterocycles. The van der Waals surface area contributed by atoms with Crippen molar-refractivity contribution in [3.05, 3.63) is 86.5 Å². The normalized spacial score (nSPS) is 13.3. The lowest BCUT2D eigenvalue weighted by Crippen LogP contribution is -2.47. The Morgan fingerprint density at radius 3 is 2.23 bits per heavy atom. The van der Waals surface area contributed by atoms with E-state index >= 15 is 0 Å². The molecule has 1 aromatic heterocycles. The van der Waals surface area contributed by atoms with Crippen molar-refractivity contribution in [2.45, 2.75) is 0 Å².